The Kier molecular flexibility index (Phi) is 5.86. The third kappa shape index (κ3) is 3.68. The van der Waals surface area contributed by atoms with Crippen molar-refractivity contribution in [3.8, 4) is 0 Å². The van der Waals surface area contributed by atoms with Crippen LogP contribution in [0.25, 0.3) is 11.1 Å². The highest BCUT2D eigenvalue weighted by Gasteiger charge is 2.32. The fraction of sp³-hybridized carbons (Fsp3) is 0.600. The first-order valence-corrected chi connectivity index (χ1v) is 9.86. The number of aromatic nitrogens is 2. The molecule has 1 saturated heterocycles. The molecule has 1 aliphatic rings. The number of aryl methyl sites for hydroxylation is 2. The van der Waals surface area contributed by atoms with E-state index in [9.17, 15) is 14.4 Å². The van der Waals surface area contributed by atoms with E-state index in [0.29, 0.717) is 31.0 Å². The van der Waals surface area contributed by atoms with E-state index in [4.69, 9.17) is 4.42 Å². The zero-order valence-corrected chi connectivity index (χ0v) is 17.0. The number of rotatable bonds is 5. The van der Waals surface area contributed by atoms with Crippen LogP contribution in [-0.2, 0) is 11.8 Å². The number of furan rings is 1. The Morgan fingerprint density at radius 2 is 2.00 bits per heavy atom. The Morgan fingerprint density at radius 1 is 1.32 bits per heavy atom. The van der Waals surface area contributed by atoms with E-state index in [0.717, 1.165) is 25.7 Å². The van der Waals surface area contributed by atoms with E-state index in [1.807, 2.05) is 9.80 Å². The molecule has 0 radical (unpaired) electrons. The molecule has 0 saturated carbocycles. The highest BCUT2D eigenvalue weighted by molar-refractivity contribution is 6.06. The number of amides is 2. The summed E-state index contributed by atoms with van der Waals surface area (Å²) in [6.07, 6.45) is 4.71. The van der Waals surface area contributed by atoms with Gasteiger partial charge in [0.2, 0.25) is 11.6 Å². The first kappa shape index (κ1) is 20.1. The van der Waals surface area contributed by atoms with Crippen molar-refractivity contribution in [2.24, 2.45) is 7.05 Å². The second-order valence-electron chi connectivity index (χ2n) is 7.46. The van der Waals surface area contributed by atoms with Gasteiger partial charge >= 0.3 is 0 Å². The van der Waals surface area contributed by atoms with Crippen LogP contribution in [0, 0.1) is 6.92 Å². The maximum absolute atomic E-state index is 13.5. The van der Waals surface area contributed by atoms with Gasteiger partial charge in [0.1, 0.15) is 17.5 Å². The highest BCUT2D eigenvalue weighted by atomic mass is 16.3. The monoisotopic (exact) mass is 388 g/mol. The van der Waals surface area contributed by atoms with Crippen molar-refractivity contribution in [3.63, 3.8) is 0 Å². The molecule has 0 aromatic carbocycles. The predicted octanol–water partition coefficient (Wildman–Crippen LogP) is 2.09. The summed E-state index contributed by atoms with van der Waals surface area (Å²) in [5, 5.41) is 0.246. The van der Waals surface area contributed by atoms with Gasteiger partial charge in [-0.2, -0.15) is 0 Å². The molecule has 152 valence electrons. The Balaban J connectivity index is 1.96. The van der Waals surface area contributed by atoms with Crippen molar-refractivity contribution < 1.29 is 14.0 Å². The van der Waals surface area contributed by atoms with Gasteiger partial charge in [-0.1, -0.05) is 13.3 Å². The molecular formula is C20H28N4O4. The largest absolute Gasteiger partial charge is 0.442 e. The van der Waals surface area contributed by atoms with Crippen LogP contribution >= 0.6 is 0 Å². The summed E-state index contributed by atoms with van der Waals surface area (Å²) in [7, 11) is 1.61. The number of hydrogen-bond donors (Lipinski definition) is 0. The topological polar surface area (TPSA) is 88.7 Å². The molecule has 28 heavy (non-hydrogen) atoms. The maximum Gasteiger partial charge on any atom is 0.265 e. The summed E-state index contributed by atoms with van der Waals surface area (Å²) in [4.78, 5) is 45.6. The lowest BCUT2D eigenvalue weighted by molar-refractivity contribution is -0.130. The Morgan fingerprint density at radius 3 is 2.61 bits per heavy atom. The molecule has 0 N–H and O–H groups in total. The number of hydrogen-bond acceptors (Lipinski definition) is 5. The number of carbonyl (C=O) groups is 2. The number of fused-ring (bicyclic) bond motifs is 1. The predicted molar refractivity (Wildman–Crippen MR) is 105 cm³/mol. The smallest absolute Gasteiger partial charge is 0.265 e. The van der Waals surface area contributed by atoms with Crippen LogP contribution in [-0.4, -0.2) is 56.8 Å². The molecule has 0 bridgehead atoms. The molecule has 1 fully saturated rings. The zero-order valence-electron chi connectivity index (χ0n) is 17.0. The van der Waals surface area contributed by atoms with Gasteiger partial charge in [0.15, 0.2) is 0 Å². The van der Waals surface area contributed by atoms with Gasteiger partial charge in [0.25, 0.3) is 11.5 Å². The van der Waals surface area contributed by atoms with E-state index >= 15 is 0 Å². The maximum atomic E-state index is 13.5. The molecule has 3 heterocycles. The average Bonchev–Trinajstić information content (AvgIpc) is 3.02. The van der Waals surface area contributed by atoms with E-state index in [2.05, 4.69) is 11.9 Å². The van der Waals surface area contributed by atoms with Gasteiger partial charge in [-0.15, -0.1) is 0 Å². The second-order valence-corrected chi connectivity index (χ2v) is 7.46. The van der Waals surface area contributed by atoms with E-state index in [1.54, 1.807) is 20.9 Å². The normalized spacial score (nSPS) is 15.2. The molecule has 0 unspecified atom stereocenters. The molecule has 8 nitrogen and oxygen atoms in total. The minimum atomic E-state index is -0.285. The minimum absolute atomic E-state index is 0.0412. The average molecular weight is 388 g/mol. The Labute approximate surface area is 164 Å². The van der Waals surface area contributed by atoms with Crippen molar-refractivity contribution >= 4 is 22.9 Å². The molecule has 3 rings (SSSR count). The van der Waals surface area contributed by atoms with Gasteiger partial charge in [0.05, 0.1) is 5.56 Å². The molecule has 0 spiro atoms. The standard InChI is InChI=1S/C20H28N4O4/c1-5-6-9-24(15-7-10-23(11-8-15)14(3)25)20(27)16-13(2)28-18-17(16)19(26)22(4)12-21-18/h12,15H,5-11H2,1-4H3. The number of nitrogens with zero attached hydrogens (tertiary/aromatic N) is 4. The highest BCUT2D eigenvalue weighted by Crippen LogP contribution is 2.26. The summed E-state index contributed by atoms with van der Waals surface area (Å²) in [5.41, 5.74) is 0.228. The van der Waals surface area contributed by atoms with Crippen molar-refractivity contribution in [2.75, 3.05) is 19.6 Å². The van der Waals surface area contributed by atoms with Crippen LogP contribution < -0.4 is 5.56 Å². The summed E-state index contributed by atoms with van der Waals surface area (Å²) >= 11 is 0. The summed E-state index contributed by atoms with van der Waals surface area (Å²) < 4.78 is 6.98. The third-order valence-corrected chi connectivity index (χ3v) is 5.53. The van der Waals surface area contributed by atoms with Gasteiger partial charge in [-0.05, 0) is 26.2 Å². The minimum Gasteiger partial charge on any atom is -0.442 e. The molecule has 2 aromatic rings. The summed E-state index contributed by atoms with van der Waals surface area (Å²) in [6.45, 7) is 7.26. The first-order chi connectivity index (χ1) is 13.3. The van der Waals surface area contributed by atoms with Crippen LogP contribution in [0.5, 0.6) is 0 Å². The quantitative estimate of drug-likeness (QED) is 0.782. The van der Waals surface area contributed by atoms with E-state index in [-0.39, 0.29) is 34.5 Å². The fourth-order valence-electron chi connectivity index (χ4n) is 3.86. The molecular weight excluding hydrogens is 360 g/mol. The number of carbonyl (C=O) groups excluding carboxylic acids is 2. The van der Waals surface area contributed by atoms with Crippen molar-refractivity contribution in [1.29, 1.82) is 0 Å². The molecule has 1 aliphatic heterocycles. The number of piperidine rings is 1. The van der Waals surface area contributed by atoms with Crippen LogP contribution in [0.1, 0.15) is 55.6 Å². The van der Waals surface area contributed by atoms with Crippen molar-refractivity contribution in [3.05, 3.63) is 28.0 Å². The molecule has 2 aromatic heterocycles. The van der Waals surface area contributed by atoms with Crippen LogP contribution in [0.2, 0.25) is 0 Å². The lowest BCUT2D eigenvalue weighted by Crippen LogP contribution is -2.49. The zero-order chi connectivity index (χ0) is 20.4. The molecule has 2 amide bonds. The SMILES string of the molecule is CCCCN(C(=O)c1c(C)oc2ncn(C)c(=O)c12)C1CCN(C(C)=O)CC1. The first-order valence-electron chi connectivity index (χ1n) is 9.86. The fourth-order valence-corrected chi connectivity index (χ4v) is 3.86. The van der Waals surface area contributed by atoms with E-state index in [1.165, 1.54) is 10.9 Å². The van der Waals surface area contributed by atoms with Crippen molar-refractivity contribution in [1.82, 2.24) is 19.4 Å². The summed E-state index contributed by atoms with van der Waals surface area (Å²) in [5.74, 6) is 0.297. The lowest BCUT2D eigenvalue weighted by Gasteiger charge is -2.38. The molecule has 8 heteroatoms. The van der Waals surface area contributed by atoms with Gasteiger partial charge in [-0.25, -0.2) is 4.98 Å². The Bertz CT molecular complexity index is 938. The molecule has 0 atom stereocenters. The van der Waals surface area contributed by atoms with Gasteiger partial charge in [-0.3, -0.25) is 14.4 Å². The van der Waals surface area contributed by atoms with Gasteiger partial charge < -0.3 is 18.8 Å². The number of likely N-dealkylation sites (tertiary alicyclic amines) is 1. The third-order valence-electron chi connectivity index (χ3n) is 5.53. The lowest BCUT2D eigenvalue weighted by atomic mass is 10.0. The van der Waals surface area contributed by atoms with Gasteiger partial charge in [0, 0.05) is 39.6 Å². The number of unbranched alkanes of at least 4 members (excludes halogenated alkanes) is 1. The van der Waals surface area contributed by atoms with Crippen LogP contribution in [0.3, 0.4) is 0 Å². The summed E-state index contributed by atoms with van der Waals surface area (Å²) in [6, 6.07) is 0.0412. The van der Waals surface area contributed by atoms with Crippen LogP contribution in [0.4, 0.5) is 0 Å². The van der Waals surface area contributed by atoms with Crippen LogP contribution in [0.15, 0.2) is 15.5 Å². The van der Waals surface area contributed by atoms with E-state index < -0.39 is 0 Å². The second kappa shape index (κ2) is 8.16. The Hall–Kier alpha value is -2.64. The molecule has 0 aliphatic carbocycles. The van der Waals surface area contributed by atoms with Crippen molar-refractivity contribution in [2.45, 2.75) is 52.5 Å².